The summed E-state index contributed by atoms with van der Waals surface area (Å²) in [7, 11) is 3.25. The Balaban J connectivity index is 1.97. The molecule has 3 aromatic rings. The van der Waals surface area contributed by atoms with Crippen LogP contribution < -0.4 is 19.5 Å². The van der Waals surface area contributed by atoms with Crippen molar-refractivity contribution in [2.24, 2.45) is 0 Å². The van der Waals surface area contributed by atoms with Gasteiger partial charge >= 0.3 is 0 Å². The van der Waals surface area contributed by atoms with Crippen LogP contribution in [0.3, 0.4) is 0 Å². The Morgan fingerprint density at radius 3 is 2.10 bits per heavy atom. The summed E-state index contributed by atoms with van der Waals surface area (Å²) < 4.78 is 18.5. The van der Waals surface area contributed by atoms with Crippen LogP contribution in [0.25, 0.3) is 5.69 Å². The summed E-state index contributed by atoms with van der Waals surface area (Å²) in [5.41, 5.74) is 2.55. The minimum absolute atomic E-state index is 0.00416. The molecule has 1 heterocycles. The number of benzene rings is 2. The molecule has 0 aliphatic carbocycles. The summed E-state index contributed by atoms with van der Waals surface area (Å²) in [5, 5.41) is 7.52. The molecule has 30 heavy (non-hydrogen) atoms. The lowest BCUT2D eigenvalue weighted by atomic mass is 10.1. The highest BCUT2D eigenvalue weighted by molar-refractivity contribution is 5.76. The third kappa shape index (κ3) is 4.92. The van der Waals surface area contributed by atoms with E-state index in [1.54, 1.807) is 18.9 Å². The van der Waals surface area contributed by atoms with Crippen molar-refractivity contribution in [2.75, 3.05) is 20.8 Å². The zero-order valence-corrected chi connectivity index (χ0v) is 17.8. The molecule has 0 atom stereocenters. The molecular formula is C23H27N3O4. The first-order valence-corrected chi connectivity index (χ1v) is 9.87. The molecule has 0 spiro atoms. The Hall–Kier alpha value is -3.48. The fourth-order valence-electron chi connectivity index (χ4n) is 3.11. The number of methoxy groups -OCH3 is 2. The highest BCUT2D eigenvalue weighted by atomic mass is 16.5. The standard InChI is InChI=1S/C23H27N3O4/c1-5-24-22(27)15-14-21-16(2)25-26(17-6-8-18(28-3)9-7-17)23(21)30-20-12-10-19(29-4)11-13-20/h6-13H,5,14-15H2,1-4H3,(H,24,27). The normalized spacial score (nSPS) is 10.5. The number of aromatic nitrogens is 2. The van der Waals surface area contributed by atoms with E-state index >= 15 is 0 Å². The maximum Gasteiger partial charge on any atom is 0.226 e. The molecule has 3 rings (SSSR count). The zero-order valence-electron chi connectivity index (χ0n) is 17.8. The SMILES string of the molecule is CCNC(=O)CCc1c(C)nn(-c2ccc(OC)cc2)c1Oc1ccc(OC)cc1. The molecule has 0 saturated heterocycles. The van der Waals surface area contributed by atoms with Gasteiger partial charge in [-0.05, 0) is 68.8 Å². The monoisotopic (exact) mass is 409 g/mol. The van der Waals surface area contributed by atoms with Gasteiger partial charge in [0.2, 0.25) is 11.8 Å². The molecule has 2 aromatic carbocycles. The zero-order chi connectivity index (χ0) is 21.5. The van der Waals surface area contributed by atoms with Crippen molar-refractivity contribution < 1.29 is 19.0 Å². The molecule has 0 radical (unpaired) electrons. The first-order valence-electron chi connectivity index (χ1n) is 9.87. The summed E-state index contributed by atoms with van der Waals surface area (Å²) in [4.78, 5) is 12.0. The van der Waals surface area contributed by atoms with E-state index < -0.39 is 0 Å². The summed E-state index contributed by atoms with van der Waals surface area (Å²) in [6, 6.07) is 14.9. The molecule has 7 heteroatoms. The lowest BCUT2D eigenvalue weighted by Gasteiger charge is -2.12. The van der Waals surface area contributed by atoms with Gasteiger partial charge < -0.3 is 19.5 Å². The van der Waals surface area contributed by atoms with E-state index in [-0.39, 0.29) is 5.91 Å². The Morgan fingerprint density at radius 1 is 0.967 bits per heavy atom. The quantitative estimate of drug-likeness (QED) is 0.577. The smallest absolute Gasteiger partial charge is 0.226 e. The molecule has 0 bridgehead atoms. The van der Waals surface area contributed by atoms with E-state index in [9.17, 15) is 4.79 Å². The second kappa shape index (κ2) is 9.82. The van der Waals surface area contributed by atoms with Crippen LogP contribution in [0.5, 0.6) is 23.1 Å². The number of nitrogens with one attached hydrogen (secondary N) is 1. The fourth-order valence-corrected chi connectivity index (χ4v) is 3.11. The van der Waals surface area contributed by atoms with Gasteiger partial charge in [0, 0.05) is 18.5 Å². The molecule has 1 N–H and O–H groups in total. The average Bonchev–Trinajstić information content (AvgIpc) is 3.08. The number of carbonyl (C=O) groups excluding carboxylic acids is 1. The van der Waals surface area contributed by atoms with Crippen LogP contribution in [0.4, 0.5) is 0 Å². The number of nitrogens with zero attached hydrogens (tertiary/aromatic N) is 2. The van der Waals surface area contributed by atoms with Crippen molar-refractivity contribution in [2.45, 2.75) is 26.7 Å². The number of rotatable bonds is 9. The molecule has 1 amide bonds. The lowest BCUT2D eigenvalue weighted by molar-refractivity contribution is -0.120. The summed E-state index contributed by atoms with van der Waals surface area (Å²) >= 11 is 0. The number of carbonyl (C=O) groups is 1. The predicted molar refractivity (Wildman–Crippen MR) is 115 cm³/mol. The van der Waals surface area contributed by atoms with Gasteiger partial charge in [0.25, 0.3) is 0 Å². The van der Waals surface area contributed by atoms with Crippen molar-refractivity contribution in [3.63, 3.8) is 0 Å². The molecule has 0 aliphatic heterocycles. The van der Waals surface area contributed by atoms with Crippen LogP contribution in [-0.2, 0) is 11.2 Å². The van der Waals surface area contributed by atoms with E-state index in [1.807, 2.05) is 62.4 Å². The first-order chi connectivity index (χ1) is 14.5. The minimum Gasteiger partial charge on any atom is -0.497 e. The second-order valence-electron chi connectivity index (χ2n) is 6.71. The molecular weight excluding hydrogens is 382 g/mol. The molecule has 7 nitrogen and oxygen atoms in total. The highest BCUT2D eigenvalue weighted by Gasteiger charge is 2.20. The van der Waals surface area contributed by atoms with Crippen LogP contribution in [-0.4, -0.2) is 36.5 Å². The van der Waals surface area contributed by atoms with Crippen LogP contribution in [0, 0.1) is 6.92 Å². The minimum atomic E-state index is 0.00416. The van der Waals surface area contributed by atoms with Gasteiger partial charge in [-0.25, -0.2) is 4.68 Å². The van der Waals surface area contributed by atoms with E-state index in [1.165, 1.54) is 0 Å². The topological polar surface area (TPSA) is 74.6 Å². The van der Waals surface area contributed by atoms with Gasteiger partial charge in [-0.3, -0.25) is 4.79 Å². The van der Waals surface area contributed by atoms with Crippen LogP contribution in [0.2, 0.25) is 0 Å². The molecule has 0 unspecified atom stereocenters. The van der Waals surface area contributed by atoms with Crippen molar-refractivity contribution in [1.29, 1.82) is 0 Å². The molecule has 158 valence electrons. The number of aryl methyl sites for hydroxylation is 1. The Bertz CT molecular complexity index is 979. The largest absolute Gasteiger partial charge is 0.497 e. The van der Waals surface area contributed by atoms with Crippen molar-refractivity contribution in [3.8, 4) is 28.8 Å². The summed E-state index contributed by atoms with van der Waals surface area (Å²) in [6.07, 6.45) is 0.890. The number of hydrogen-bond donors (Lipinski definition) is 1. The summed E-state index contributed by atoms with van der Waals surface area (Å²) in [6.45, 7) is 4.44. The van der Waals surface area contributed by atoms with Crippen LogP contribution in [0.1, 0.15) is 24.6 Å². The second-order valence-corrected chi connectivity index (χ2v) is 6.71. The van der Waals surface area contributed by atoms with Crippen LogP contribution >= 0.6 is 0 Å². The van der Waals surface area contributed by atoms with Gasteiger partial charge in [0.15, 0.2) is 0 Å². The molecule has 0 aliphatic rings. The predicted octanol–water partition coefficient (Wildman–Crippen LogP) is 4.06. The highest BCUT2D eigenvalue weighted by Crippen LogP contribution is 2.32. The molecule has 0 fully saturated rings. The van der Waals surface area contributed by atoms with E-state index in [0.717, 1.165) is 28.4 Å². The van der Waals surface area contributed by atoms with Gasteiger partial charge in [-0.15, -0.1) is 0 Å². The Morgan fingerprint density at radius 2 is 1.53 bits per heavy atom. The van der Waals surface area contributed by atoms with Crippen LogP contribution in [0.15, 0.2) is 48.5 Å². The number of ether oxygens (including phenoxy) is 3. The Labute approximate surface area is 176 Å². The first kappa shape index (κ1) is 21.2. The Kier molecular flexibility index (Phi) is 6.95. The number of hydrogen-bond acceptors (Lipinski definition) is 5. The molecule has 0 saturated carbocycles. The van der Waals surface area contributed by atoms with Crippen molar-refractivity contribution >= 4 is 5.91 Å². The lowest BCUT2D eigenvalue weighted by Crippen LogP contribution is -2.22. The number of amides is 1. The van der Waals surface area contributed by atoms with Crippen molar-refractivity contribution in [3.05, 3.63) is 59.8 Å². The van der Waals surface area contributed by atoms with Gasteiger partial charge in [0.05, 0.1) is 25.6 Å². The van der Waals surface area contributed by atoms with Gasteiger partial charge in [0.1, 0.15) is 17.2 Å². The maximum atomic E-state index is 12.0. The van der Waals surface area contributed by atoms with E-state index in [4.69, 9.17) is 14.2 Å². The van der Waals surface area contributed by atoms with Crippen molar-refractivity contribution in [1.82, 2.24) is 15.1 Å². The molecule has 1 aromatic heterocycles. The summed E-state index contributed by atoms with van der Waals surface area (Å²) in [5.74, 6) is 2.76. The fraction of sp³-hybridized carbons (Fsp3) is 0.304. The average molecular weight is 409 g/mol. The third-order valence-corrected chi connectivity index (χ3v) is 4.70. The maximum absolute atomic E-state index is 12.0. The van der Waals surface area contributed by atoms with Gasteiger partial charge in [-0.2, -0.15) is 5.10 Å². The third-order valence-electron chi connectivity index (χ3n) is 4.70. The van der Waals surface area contributed by atoms with E-state index in [2.05, 4.69) is 10.4 Å². The van der Waals surface area contributed by atoms with Gasteiger partial charge in [-0.1, -0.05) is 0 Å². The van der Waals surface area contributed by atoms with E-state index in [0.29, 0.717) is 31.0 Å².